The van der Waals surface area contributed by atoms with Crippen LogP contribution in [0.5, 0.6) is 0 Å². The molecule has 2 amide bonds. The Bertz CT molecular complexity index is 162. The summed E-state index contributed by atoms with van der Waals surface area (Å²) in [5, 5.41) is 19.0. The Morgan fingerprint density at radius 1 is 1.27 bits per heavy atom. The zero-order valence-corrected chi connectivity index (χ0v) is 9.78. The third kappa shape index (κ3) is 12.9. The van der Waals surface area contributed by atoms with Gasteiger partial charge in [-0.15, -0.1) is 0 Å². The van der Waals surface area contributed by atoms with E-state index in [-0.39, 0.29) is 13.2 Å². The van der Waals surface area contributed by atoms with Crippen LogP contribution in [-0.2, 0) is 9.59 Å². The van der Waals surface area contributed by atoms with E-state index in [1.54, 1.807) is 0 Å². The minimum Gasteiger partial charge on any atom is -0.395 e. The van der Waals surface area contributed by atoms with E-state index >= 15 is 0 Å². The van der Waals surface area contributed by atoms with Gasteiger partial charge in [0.15, 0.2) is 0 Å². The zero-order valence-electron chi connectivity index (χ0n) is 9.78. The summed E-state index contributed by atoms with van der Waals surface area (Å²) in [4.78, 5) is 20.7. The van der Waals surface area contributed by atoms with Gasteiger partial charge in [0.25, 0.3) is 11.8 Å². The number of aliphatic hydroxyl groups is 2. The predicted octanol–water partition coefficient (Wildman–Crippen LogP) is -1.01. The normalized spacial score (nSPS) is 9.73. The number of rotatable bonds is 4. The Hall–Kier alpha value is -1.14. The lowest BCUT2D eigenvalue weighted by Gasteiger charge is -2.05. The highest BCUT2D eigenvalue weighted by molar-refractivity contribution is 6.02. The fourth-order valence-electron chi connectivity index (χ4n) is 0.405. The summed E-state index contributed by atoms with van der Waals surface area (Å²) < 4.78 is 0. The van der Waals surface area contributed by atoms with Gasteiger partial charge in [0.05, 0.1) is 6.61 Å². The number of nitrogens with two attached hydrogens (primary N) is 1. The molecule has 1 unspecified atom stereocenters. The lowest BCUT2D eigenvalue weighted by atomic mass is 10.3. The van der Waals surface area contributed by atoms with Gasteiger partial charge in [-0.1, -0.05) is 27.7 Å². The Labute approximate surface area is 90.5 Å². The summed E-state index contributed by atoms with van der Waals surface area (Å²) in [6.07, 6.45) is -1.83. The molecule has 5 N–H and O–H groups in total. The van der Waals surface area contributed by atoms with E-state index in [1.165, 1.54) is 0 Å². The van der Waals surface area contributed by atoms with Gasteiger partial charge < -0.3 is 21.3 Å². The molecule has 0 fully saturated rings. The molecule has 6 nitrogen and oxygen atoms in total. The van der Waals surface area contributed by atoms with E-state index in [0.717, 1.165) is 0 Å². The van der Waals surface area contributed by atoms with Crippen LogP contribution in [0, 0.1) is 0 Å². The maximum Gasteiger partial charge on any atom is 0.258 e. The van der Waals surface area contributed by atoms with Crippen LogP contribution < -0.4 is 11.1 Å². The van der Waals surface area contributed by atoms with Crippen molar-refractivity contribution in [2.24, 2.45) is 5.73 Å². The van der Waals surface area contributed by atoms with E-state index in [4.69, 9.17) is 10.2 Å². The number of hydrogen-bond acceptors (Lipinski definition) is 4. The number of nitrogens with one attached hydrogen (secondary N) is 1. The second-order valence-electron chi connectivity index (χ2n) is 1.82. The van der Waals surface area contributed by atoms with Crippen molar-refractivity contribution in [2.75, 3.05) is 13.2 Å². The van der Waals surface area contributed by atoms with Crippen LogP contribution in [0.1, 0.15) is 27.7 Å². The standard InChI is InChI=1S/C5H10N2O4.2C2H6/c6-4(10)3(9)5(11)7-1-2-8;2*1-2/h3,8-9H,1-2H2,(H2,6,10)(H,7,11);2*1-2H3. The third-order valence-corrected chi connectivity index (χ3v) is 0.929. The van der Waals surface area contributed by atoms with Crippen molar-refractivity contribution in [1.82, 2.24) is 5.32 Å². The van der Waals surface area contributed by atoms with E-state index < -0.39 is 17.9 Å². The van der Waals surface area contributed by atoms with Crippen LogP contribution >= 0.6 is 0 Å². The number of hydrogen-bond donors (Lipinski definition) is 4. The Morgan fingerprint density at radius 2 is 1.67 bits per heavy atom. The molecule has 0 saturated heterocycles. The van der Waals surface area contributed by atoms with Gasteiger partial charge in [-0.25, -0.2) is 0 Å². The van der Waals surface area contributed by atoms with Crippen LogP contribution in [-0.4, -0.2) is 41.3 Å². The van der Waals surface area contributed by atoms with Crippen LogP contribution in [0.25, 0.3) is 0 Å². The second-order valence-corrected chi connectivity index (χ2v) is 1.82. The number of carbonyl (C=O) groups is 2. The molecule has 0 heterocycles. The van der Waals surface area contributed by atoms with Crippen molar-refractivity contribution in [3.8, 4) is 0 Å². The molecule has 6 heteroatoms. The smallest absolute Gasteiger partial charge is 0.258 e. The Balaban J connectivity index is -0.000000318. The fraction of sp³-hybridized carbons (Fsp3) is 0.778. The van der Waals surface area contributed by atoms with Crippen LogP contribution in [0.15, 0.2) is 0 Å². The minimum absolute atomic E-state index is 0.0107. The summed E-state index contributed by atoms with van der Waals surface area (Å²) in [6, 6.07) is 0. The highest BCUT2D eigenvalue weighted by atomic mass is 16.3. The average Bonchev–Trinajstić information content (AvgIpc) is 2.30. The van der Waals surface area contributed by atoms with Crippen molar-refractivity contribution < 1.29 is 19.8 Å². The van der Waals surface area contributed by atoms with Crippen molar-refractivity contribution in [2.45, 2.75) is 33.8 Å². The molecule has 0 aromatic carbocycles. The molecular weight excluding hydrogens is 200 g/mol. The first-order chi connectivity index (χ1) is 7.09. The quantitative estimate of drug-likeness (QED) is 0.457. The molecule has 0 rings (SSSR count). The fourth-order valence-corrected chi connectivity index (χ4v) is 0.405. The van der Waals surface area contributed by atoms with Gasteiger partial charge in [-0.05, 0) is 0 Å². The monoisotopic (exact) mass is 222 g/mol. The molecule has 15 heavy (non-hydrogen) atoms. The third-order valence-electron chi connectivity index (χ3n) is 0.929. The zero-order chi connectivity index (χ0) is 12.9. The first-order valence-corrected chi connectivity index (χ1v) is 4.95. The summed E-state index contributed by atoms with van der Waals surface area (Å²) in [5.41, 5.74) is 4.60. The number of aliphatic hydroxyl groups excluding tert-OH is 2. The molecule has 1 atom stereocenters. The van der Waals surface area contributed by atoms with Crippen molar-refractivity contribution >= 4 is 11.8 Å². The summed E-state index contributed by atoms with van der Waals surface area (Å²) in [5.74, 6) is -2.01. The van der Waals surface area contributed by atoms with Crippen molar-refractivity contribution in [3.05, 3.63) is 0 Å². The summed E-state index contributed by atoms with van der Waals surface area (Å²) in [7, 11) is 0. The molecule has 0 saturated carbocycles. The van der Waals surface area contributed by atoms with Gasteiger partial charge in [-0.2, -0.15) is 0 Å². The molecule has 0 aromatic heterocycles. The van der Waals surface area contributed by atoms with E-state index in [2.05, 4.69) is 11.1 Å². The highest BCUT2D eigenvalue weighted by Crippen LogP contribution is 1.79. The maximum atomic E-state index is 10.6. The van der Waals surface area contributed by atoms with Crippen LogP contribution in [0.2, 0.25) is 0 Å². The number of amides is 2. The molecule has 92 valence electrons. The number of carbonyl (C=O) groups excluding carboxylic acids is 2. The highest BCUT2D eigenvalue weighted by Gasteiger charge is 2.19. The van der Waals surface area contributed by atoms with E-state index in [9.17, 15) is 9.59 Å². The molecule has 0 aliphatic rings. The topological polar surface area (TPSA) is 113 Å². The van der Waals surface area contributed by atoms with Crippen molar-refractivity contribution in [1.29, 1.82) is 0 Å². The molecular formula is C9H22N2O4. The van der Waals surface area contributed by atoms with E-state index in [0.29, 0.717) is 0 Å². The van der Waals surface area contributed by atoms with Crippen LogP contribution in [0.4, 0.5) is 0 Å². The molecule has 0 spiro atoms. The lowest BCUT2D eigenvalue weighted by molar-refractivity contribution is -0.139. The second kappa shape index (κ2) is 15.3. The van der Waals surface area contributed by atoms with Gasteiger partial charge in [0, 0.05) is 6.54 Å². The number of primary amides is 1. The molecule has 0 aliphatic heterocycles. The predicted molar refractivity (Wildman–Crippen MR) is 58.0 cm³/mol. The van der Waals surface area contributed by atoms with Gasteiger partial charge in [-0.3, -0.25) is 9.59 Å². The maximum absolute atomic E-state index is 10.6. The SMILES string of the molecule is CC.CC.NC(=O)C(O)C(=O)NCCO. The van der Waals surface area contributed by atoms with Crippen LogP contribution in [0.3, 0.4) is 0 Å². The van der Waals surface area contributed by atoms with E-state index in [1.807, 2.05) is 27.7 Å². The Morgan fingerprint density at radius 3 is 1.93 bits per heavy atom. The first kappa shape index (κ1) is 19.4. The average molecular weight is 222 g/mol. The van der Waals surface area contributed by atoms with Crippen molar-refractivity contribution in [3.63, 3.8) is 0 Å². The van der Waals surface area contributed by atoms with Gasteiger partial charge in [0.1, 0.15) is 0 Å². The minimum atomic E-state index is -1.83. The molecule has 0 radical (unpaired) electrons. The Kier molecular flexibility index (Phi) is 19.9. The largest absolute Gasteiger partial charge is 0.395 e. The summed E-state index contributed by atoms with van der Waals surface area (Å²) in [6.45, 7) is 7.74. The summed E-state index contributed by atoms with van der Waals surface area (Å²) >= 11 is 0. The van der Waals surface area contributed by atoms with Gasteiger partial charge in [0.2, 0.25) is 6.10 Å². The van der Waals surface area contributed by atoms with Gasteiger partial charge >= 0.3 is 0 Å². The first-order valence-electron chi connectivity index (χ1n) is 4.95. The molecule has 0 aromatic rings. The molecule has 0 bridgehead atoms. The molecule has 0 aliphatic carbocycles. The lowest BCUT2D eigenvalue weighted by Crippen LogP contribution is -2.43.